The molecule has 3 amide bonds. The summed E-state index contributed by atoms with van der Waals surface area (Å²) in [6.45, 7) is 5.04. The molecular weight excluding hydrogens is 370 g/mol. The van der Waals surface area contributed by atoms with Gasteiger partial charge in [-0.15, -0.1) is 0 Å². The van der Waals surface area contributed by atoms with Crippen molar-refractivity contribution in [1.29, 1.82) is 0 Å². The Morgan fingerprint density at radius 3 is 1.86 bits per heavy atom. The molecule has 0 spiro atoms. The Morgan fingerprint density at radius 1 is 0.821 bits per heavy atom. The van der Waals surface area contributed by atoms with Crippen LogP contribution >= 0.6 is 0 Å². The third kappa shape index (κ3) is 11.8. The number of rotatable bonds is 18. The van der Waals surface area contributed by atoms with Crippen molar-refractivity contribution in [1.82, 2.24) is 15.5 Å². The maximum absolute atomic E-state index is 11.6. The number of nitrogens with zero attached hydrogens (tertiary/aromatic N) is 1. The molecule has 0 radical (unpaired) electrons. The SMILES string of the molecule is CNCCOCCOCCOCCOCCC(=O)NCCN1C(=O)C=CC1=O. The normalized spacial score (nSPS) is 13.5. The largest absolute Gasteiger partial charge is 0.379 e. The monoisotopic (exact) mass is 401 g/mol. The van der Waals surface area contributed by atoms with Gasteiger partial charge in [-0.05, 0) is 7.05 Å². The summed E-state index contributed by atoms with van der Waals surface area (Å²) in [6.07, 6.45) is 2.64. The van der Waals surface area contributed by atoms with Crippen molar-refractivity contribution in [2.45, 2.75) is 6.42 Å². The first-order chi connectivity index (χ1) is 13.6. The number of nitrogens with one attached hydrogen (secondary N) is 2. The van der Waals surface area contributed by atoms with Gasteiger partial charge in [-0.25, -0.2) is 0 Å². The van der Waals surface area contributed by atoms with Gasteiger partial charge >= 0.3 is 0 Å². The molecule has 160 valence electrons. The molecule has 0 bridgehead atoms. The molecule has 1 heterocycles. The zero-order chi connectivity index (χ0) is 20.5. The van der Waals surface area contributed by atoms with Crippen LogP contribution in [0, 0.1) is 0 Å². The number of hydrogen-bond acceptors (Lipinski definition) is 8. The number of likely N-dealkylation sites (N-methyl/N-ethyl adjacent to an activating group) is 1. The summed E-state index contributed by atoms with van der Waals surface area (Å²) in [4.78, 5) is 35.4. The van der Waals surface area contributed by atoms with E-state index in [2.05, 4.69) is 10.6 Å². The zero-order valence-electron chi connectivity index (χ0n) is 16.4. The predicted octanol–water partition coefficient (Wildman–Crippen LogP) is -1.30. The molecule has 0 saturated carbocycles. The molecular formula is C18H31N3O7. The van der Waals surface area contributed by atoms with Crippen LogP contribution in [0.25, 0.3) is 0 Å². The highest BCUT2D eigenvalue weighted by Gasteiger charge is 2.22. The number of carbonyl (C=O) groups excluding carboxylic acids is 3. The summed E-state index contributed by atoms with van der Waals surface area (Å²) in [7, 11) is 1.87. The van der Waals surface area contributed by atoms with E-state index in [4.69, 9.17) is 18.9 Å². The van der Waals surface area contributed by atoms with Crippen molar-refractivity contribution in [2.75, 3.05) is 79.5 Å². The van der Waals surface area contributed by atoms with Gasteiger partial charge in [0, 0.05) is 38.2 Å². The van der Waals surface area contributed by atoms with Crippen LogP contribution in [0.3, 0.4) is 0 Å². The lowest BCUT2D eigenvalue weighted by Gasteiger charge is -2.14. The summed E-state index contributed by atoms with van der Waals surface area (Å²) >= 11 is 0. The standard InChI is InChI=1S/C18H31N3O7/c1-19-6-9-26-11-13-28-15-14-27-12-10-25-8-4-16(22)20-5-7-21-17(23)2-3-18(21)24/h2-3,19H,4-15H2,1H3,(H,20,22). The topological polar surface area (TPSA) is 115 Å². The van der Waals surface area contributed by atoms with Gasteiger partial charge in [0.05, 0.1) is 52.9 Å². The van der Waals surface area contributed by atoms with E-state index in [1.165, 1.54) is 12.2 Å². The van der Waals surface area contributed by atoms with E-state index in [1.807, 2.05) is 7.05 Å². The first kappa shape index (κ1) is 24.2. The number of hydrogen-bond donors (Lipinski definition) is 2. The Hall–Kier alpha value is -1.85. The van der Waals surface area contributed by atoms with Crippen molar-refractivity contribution in [3.63, 3.8) is 0 Å². The minimum Gasteiger partial charge on any atom is -0.379 e. The average Bonchev–Trinajstić information content (AvgIpc) is 3.00. The summed E-state index contributed by atoms with van der Waals surface area (Å²) in [6, 6.07) is 0. The molecule has 0 aromatic heterocycles. The minimum atomic E-state index is -0.356. The molecule has 1 aliphatic rings. The molecule has 0 aromatic carbocycles. The first-order valence-corrected chi connectivity index (χ1v) is 9.41. The van der Waals surface area contributed by atoms with E-state index in [0.29, 0.717) is 46.2 Å². The van der Waals surface area contributed by atoms with Gasteiger partial charge in [0.15, 0.2) is 0 Å². The second kappa shape index (κ2) is 16.1. The zero-order valence-corrected chi connectivity index (χ0v) is 16.4. The van der Waals surface area contributed by atoms with Crippen LogP contribution in [0.1, 0.15) is 6.42 Å². The first-order valence-electron chi connectivity index (χ1n) is 9.41. The Kier molecular flexibility index (Phi) is 13.9. The van der Waals surface area contributed by atoms with E-state index in [1.54, 1.807) is 0 Å². The molecule has 1 rings (SSSR count). The fraction of sp³-hybridized carbons (Fsp3) is 0.722. The van der Waals surface area contributed by atoms with Crippen molar-refractivity contribution in [3.05, 3.63) is 12.2 Å². The van der Waals surface area contributed by atoms with Crippen molar-refractivity contribution >= 4 is 17.7 Å². The molecule has 0 unspecified atom stereocenters. The number of amides is 3. The molecule has 2 N–H and O–H groups in total. The lowest BCUT2D eigenvalue weighted by molar-refractivity contribution is -0.137. The number of imide groups is 1. The van der Waals surface area contributed by atoms with E-state index < -0.39 is 0 Å². The minimum absolute atomic E-state index is 0.162. The van der Waals surface area contributed by atoms with Gasteiger partial charge in [-0.3, -0.25) is 19.3 Å². The fourth-order valence-corrected chi connectivity index (χ4v) is 2.15. The highest BCUT2D eigenvalue weighted by molar-refractivity contribution is 6.12. The Bertz CT molecular complexity index is 482. The average molecular weight is 401 g/mol. The van der Waals surface area contributed by atoms with Crippen LogP contribution in [0.2, 0.25) is 0 Å². The molecule has 10 heteroatoms. The summed E-state index contributed by atoms with van der Waals surface area (Å²) in [5.74, 6) is -0.907. The maximum atomic E-state index is 11.6. The molecule has 0 atom stereocenters. The summed E-state index contributed by atoms with van der Waals surface area (Å²) in [5.41, 5.74) is 0. The van der Waals surface area contributed by atoms with Gasteiger partial charge in [0.25, 0.3) is 11.8 Å². The lowest BCUT2D eigenvalue weighted by atomic mass is 10.4. The fourth-order valence-electron chi connectivity index (χ4n) is 2.15. The van der Waals surface area contributed by atoms with Gasteiger partial charge in [-0.2, -0.15) is 0 Å². The highest BCUT2D eigenvalue weighted by Crippen LogP contribution is 2.01. The molecule has 28 heavy (non-hydrogen) atoms. The summed E-state index contributed by atoms with van der Waals surface area (Å²) in [5, 5.41) is 5.63. The Labute approximate surface area is 165 Å². The van der Waals surface area contributed by atoms with Crippen LogP contribution in [-0.2, 0) is 33.3 Å². The molecule has 10 nitrogen and oxygen atoms in total. The molecule has 1 aliphatic heterocycles. The molecule has 0 fully saturated rings. The van der Waals surface area contributed by atoms with Crippen LogP contribution in [0.4, 0.5) is 0 Å². The van der Waals surface area contributed by atoms with E-state index >= 15 is 0 Å². The maximum Gasteiger partial charge on any atom is 0.253 e. The van der Waals surface area contributed by atoms with E-state index in [9.17, 15) is 14.4 Å². The second-order valence-corrected chi connectivity index (χ2v) is 5.81. The predicted molar refractivity (Wildman–Crippen MR) is 101 cm³/mol. The summed E-state index contributed by atoms with van der Waals surface area (Å²) < 4.78 is 21.3. The van der Waals surface area contributed by atoms with E-state index in [0.717, 1.165) is 11.4 Å². The Balaban J connectivity index is 1.80. The van der Waals surface area contributed by atoms with Gasteiger partial charge in [0.2, 0.25) is 5.91 Å². The molecule has 0 saturated heterocycles. The third-order valence-electron chi connectivity index (χ3n) is 3.64. The van der Waals surface area contributed by atoms with Crippen LogP contribution in [0.5, 0.6) is 0 Å². The smallest absolute Gasteiger partial charge is 0.253 e. The van der Waals surface area contributed by atoms with Crippen molar-refractivity contribution in [2.24, 2.45) is 0 Å². The van der Waals surface area contributed by atoms with Crippen molar-refractivity contribution in [3.8, 4) is 0 Å². The number of ether oxygens (including phenoxy) is 4. The van der Waals surface area contributed by atoms with Gasteiger partial charge < -0.3 is 29.6 Å². The third-order valence-corrected chi connectivity index (χ3v) is 3.64. The second-order valence-electron chi connectivity index (χ2n) is 5.81. The van der Waals surface area contributed by atoms with Crippen LogP contribution < -0.4 is 10.6 Å². The Morgan fingerprint density at radius 2 is 1.32 bits per heavy atom. The quantitative estimate of drug-likeness (QED) is 0.215. The van der Waals surface area contributed by atoms with Gasteiger partial charge in [0.1, 0.15) is 0 Å². The van der Waals surface area contributed by atoms with E-state index in [-0.39, 0.29) is 43.8 Å². The molecule has 0 aromatic rings. The van der Waals surface area contributed by atoms with Crippen LogP contribution in [0.15, 0.2) is 12.2 Å². The van der Waals surface area contributed by atoms with Crippen molar-refractivity contribution < 1.29 is 33.3 Å². The van der Waals surface area contributed by atoms with Crippen LogP contribution in [-0.4, -0.2) is 102 Å². The molecule has 0 aliphatic carbocycles. The lowest BCUT2D eigenvalue weighted by Crippen LogP contribution is -2.38. The number of carbonyl (C=O) groups is 3. The highest BCUT2D eigenvalue weighted by atomic mass is 16.6. The van der Waals surface area contributed by atoms with Gasteiger partial charge in [-0.1, -0.05) is 0 Å².